The fraction of sp³-hybridized carbons (Fsp3) is 0.412. The lowest BCUT2D eigenvalue weighted by molar-refractivity contribution is -0.121. The van der Waals surface area contributed by atoms with Gasteiger partial charge in [-0.15, -0.1) is 0 Å². The summed E-state index contributed by atoms with van der Waals surface area (Å²) in [6.07, 6.45) is 3.75. The summed E-state index contributed by atoms with van der Waals surface area (Å²) in [5.41, 5.74) is 2.13. The quantitative estimate of drug-likeness (QED) is 0.855. The first kappa shape index (κ1) is 16.1. The number of carbonyl (C=O) groups excluding carboxylic acids is 1. The van der Waals surface area contributed by atoms with E-state index in [1.165, 1.54) is 0 Å². The highest BCUT2D eigenvalue weighted by Crippen LogP contribution is 2.17. The van der Waals surface area contributed by atoms with E-state index in [1.54, 1.807) is 18.0 Å². The van der Waals surface area contributed by atoms with Gasteiger partial charge < -0.3 is 10.1 Å². The summed E-state index contributed by atoms with van der Waals surface area (Å²) in [5, 5.41) is 7.23. The molecule has 2 aromatic rings. The summed E-state index contributed by atoms with van der Waals surface area (Å²) < 4.78 is 7.00. The van der Waals surface area contributed by atoms with E-state index in [9.17, 15) is 4.79 Å². The van der Waals surface area contributed by atoms with Crippen LogP contribution in [-0.4, -0.2) is 22.8 Å². The smallest absolute Gasteiger partial charge is 0.220 e. The Morgan fingerprint density at radius 2 is 2.23 bits per heavy atom. The Kier molecular flexibility index (Phi) is 5.58. The van der Waals surface area contributed by atoms with E-state index in [4.69, 9.17) is 4.74 Å². The fourth-order valence-electron chi connectivity index (χ4n) is 2.46. The van der Waals surface area contributed by atoms with Gasteiger partial charge in [0.05, 0.1) is 18.8 Å². The molecule has 2 rings (SSSR count). The van der Waals surface area contributed by atoms with Gasteiger partial charge in [0.2, 0.25) is 5.91 Å². The van der Waals surface area contributed by atoms with Crippen LogP contribution in [0.2, 0.25) is 0 Å². The number of nitrogens with one attached hydrogen (secondary N) is 1. The molecule has 1 N–H and O–H groups in total. The fourth-order valence-corrected chi connectivity index (χ4v) is 2.46. The van der Waals surface area contributed by atoms with Crippen LogP contribution in [0, 0.1) is 0 Å². The minimum absolute atomic E-state index is 0.00492. The van der Waals surface area contributed by atoms with Crippen molar-refractivity contribution in [3.05, 3.63) is 47.8 Å². The summed E-state index contributed by atoms with van der Waals surface area (Å²) in [4.78, 5) is 12.2. The summed E-state index contributed by atoms with van der Waals surface area (Å²) >= 11 is 0. The van der Waals surface area contributed by atoms with Crippen molar-refractivity contribution in [2.45, 2.75) is 32.2 Å². The average Bonchev–Trinajstić information content (AvgIpc) is 2.96. The Bertz CT molecular complexity index is 622. The van der Waals surface area contributed by atoms with Crippen molar-refractivity contribution in [3.8, 4) is 5.75 Å². The molecule has 0 aliphatic rings. The first-order valence-corrected chi connectivity index (χ1v) is 7.54. The first-order valence-electron chi connectivity index (χ1n) is 7.54. The van der Waals surface area contributed by atoms with E-state index >= 15 is 0 Å². The molecule has 22 heavy (non-hydrogen) atoms. The summed E-state index contributed by atoms with van der Waals surface area (Å²) in [6.45, 7) is 2.06. The molecule has 0 spiro atoms. The number of amides is 1. The number of rotatable bonds is 7. The van der Waals surface area contributed by atoms with Crippen LogP contribution < -0.4 is 10.1 Å². The van der Waals surface area contributed by atoms with Crippen LogP contribution in [-0.2, 0) is 18.3 Å². The molecule has 0 saturated carbocycles. The monoisotopic (exact) mass is 301 g/mol. The Morgan fingerprint density at radius 3 is 2.86 bits per heavy atom. The molecule has 0 bridgehead atoms. The zero-order chi connectivity index (χ0) is 15.9. The molecule has 1 aromatic carbocycles. The number of aromatic nitrogens is 2. The minimum atomic E-state index is 0.00492. The van der Waals surface area contributed by atoms with E-state index < -0.39 is 0 Å². The zero-order valence-electron chi connectivity index (χ0n) is 13.4. The molecular formula is C17H23N3O2. The van der Waals surface area contributed by atoms with Gasteiger partial charge in [0, 0.05) is 19.7 Å². The molecule has 0 aliphatic carbocycles. The van der Waals surface area contributed by atoms with Crippen LogP contribution >= 0.6 is 0 Å². The van der Waals surface area contributed by atoms with Crippen molar-refractivity contribution in [3.63, 3.8) is 0 Å². The van der Waals surface area contributed by atoms with Gasteiger partial charge in [0.25, 0.3) is 0 Å². The predicted octanol–water partition coefficient (Wildman–Crippen LogP) is 2.63. The van der Waals surface area contributed by atoms with Crippen LogP contribution in [0.25, 0.3) is 0 Å². The van der Waals surface area contributed by atoms with Crippen molar-refractivity contribution in [2.75, 3.05) is 7.11 Å². The standard InChI is InChI=1S/C17H23N3O2/c1-4-15(16-10-11-18-20(16)2)19-17(21)9-8-13-6-5-7-14(12-13)22-3/h5-7,10-12,15H,4,8-9H2,1-3H3,(H,19,21). The van der Waals surface area contributed by atoms with Gasteiger partial charge in [-0.2, -0.15) is 5.10 Å². The first-order chi connectivity index (χ1) is 10.6. The van der Waals surface area contributed by atoms with Crippen LogP contribution in [0.1, 0.15) is 37.1 Å². The second-order valence-electron chi connectivity index (χ2n) is 5.26. The molecule has 5 nitrogen and oxygen atoms in total. The molecule has 118 valence electrons. The predicted molar refractivity (Wildman–Crippen MR) is 85.7 cm³/mol. The molecule has 1 heterocycles. The lowest BCUT2D eigenvalue weighted by Crippen LogP contribution is -2.29. The van der Waals surface area contributed by atoms with Gasteiger partial charge >= 0.3 is 0 Å². The van der Waals surface area contributed by atoms with Gasteiger partial charge in [0.15, 0.2) is 0 Å². The van der Waals surface area contributed by atoms with Gasteiger partial charge in [-0.3, -0.25) is 9.48 Å². The second kappa shape index (κ2) is 7.64. The Labute approximate surface area is 131 Å². The molecule has 0 aliphatic heterocycles. The average molecular weight is 301 g/mol. The highest BCUT2D eigenvalue weighted by atomic mass is 16.5. The van der Waals surface area contributed by atoms with Gasteiger partial charge in [0.1, 0.15) is 5.75 Å². The maximum absolute atomic E-state index is 12.2. The number of nitrogens with zero attached hydrogens (tertiary/aromatic N) is 2. The van der Waals surface area contributed by atoms with E-state index in [0.717, 1.165) is 23.4 Å². The number of carbonyl (C=O) groups is 1. The van der Waals surface area contributed by atoms with Crippen molar-refractivity contribution in [2.24, 2.45) is 7.05 Å². The van der Waals surface area contributed by atoms with Gasteiger partial charge in [-0.25, -0.2) is 0 Å². The van der Waals surface area contributed by atoms with E-state index in [0.29, 0.717) is 12.8 Å². The lowest BCUT2D eigenvalue weighted by atomic mass is 10.1. The van der Waals surface area contributed by atoms with Crippen molar-refractivity contribution >= 4 is 5.91 Å². The van der Waals surface area contributed by atoms with Crippen molar-refractivity contribution < 1.29 is 9.53 Å². The molecule has 0 saturated heterocycles. The van der Waals surface area contributed by atoms with Gasteiger partial charge in [-0.1, -0.05) is 19.1 Å². The molecule has 1 aromatic heterocycles. The maximum atomic E-state index is 12.2. The second-order valence-corrected chi connectivity index (χ2v) is 5.26. The lowest BCUT2D eigenvalue weighted by Gasteiger charge is -2.17. The molecule has 1 amide bonds. The molecule has 0 fully saturated rings. The highest BCUT2D eigenvalue weighted by molar-refractivity contribution is 5.76. The topological polar surface area (TPSA) is 56.1 Å². The summed E-state index contributed by atoms with van der Waals surface area (Å²) in [6, 6.07) is 9.76. The van der Waals surface area contributed by atoms with Crippen LogP contribution in [0.5, 0.6) is 5.75 Å². The third kappa shape index (κ3) is 4.10. The van der Waals surface area contributed by atoms with Crippen LogP contribution in [0.15, 0.2) is 36.5 Å². The zero-order valence-corrected chi connectivity index (χ0v) is 13.4. The third-order valence-corrected chi connectivity index (χ3v) is 3.73. The Morgan fingerprint density at radius 1 is 1.41 bits per heavy atom. The number of benzene rings is 1. The normalized spacial score (nSPS) is 12.0. The van der Waals surface area contributed by atoms with E-state index in [1.807, 2.05) is 37.4 Å². The molecule has 5 heteroatoms. The number of ether oxygens (including phenoxy) is 1. The summed E-state index contributed by atoms with van der Waals surface area (Å²) in [7, 11) is 3.53. The molecular weight excluding hydrogens is 278 g/mol. The molecule has 0 radical (unpaired) electrons. The van der Waals surface area contributed by atoms with Crippen LogP contribution in [0.3, 0.4) is 0 Å². The van der Waals surface area contributed by atoms with E-state index in [-0.39, 0.29) is 11.9 Å². The number of hydrogen-bond acceptors (Lipinski definition) is 3. The highest BCUT2D eigenvalue weighted by Gasteiger charge is 2.15. The Balaban J connectivity index is 1.90. The Hall–Kier alpha value is -2.30. The largest absolute Gasteiger partial charge is 0.497 e. The number of hydrogen-bond donors (Lipinski definition) is 1. The van der Waals surface area contributed by atoms with Crippen LogP contribution in [0.4, 0.5) is 0 Å². The SMILES string of the molecule is CCC(NC(=O)CCc1cccc(OC)c1)c1ccnn1C. The minimum Gasteiger partial charge on any atom is -0.497 e. The maximum Gasteiger partial charge on any atom is 0.220 e. The molecule has 1 atom stereocenters. The van der Waals surface area contributed by atoms with Crippen molar-refractivity contribution in [1.82, 2.24) is 15.1 Å². The number of aryl methyl sites for hydroxylation is 2. The molecule has 1 unspecified atom stereocenters. The van der Waals surface area contributed by atoms with Crippen molar-refractivity contribution in [1.29, 1.82) is 0 Å². The van der Waals surface area contributed by atoms with E-state index in [2.05, 4.69) is 17.3 Å². The third-order valence-electron chi connectivity index (χ3n) is 3.73. The summed E-state index contributed by atoms with van der Waals surface area (Å²) in [5.74, 6) is 0.870. The number of methoxy groups -OCH3 is 1. The van der Waals surface area contributed by atoms with Gasteiger partial charge in [-0.05, 0) is 36.6 Å².